The number of aromatic hydroxyl groups is 1. The molecule has 6 rings (SSSR count). The summed E-state index contributed by atoms with van der Waals surface area (Å²) in [4.78, 5) is 2.50. The van der Waals surface area contributed by atoms with E-state index in [4.69, 9.17) is 9.47 Å². The van der Waals surface area contributed by atoms with Crippen LogP contribution in [0.15, 0.2) is 60.7 Å². The van der Waals surface area contributed by atoms with Gasteiger partial charge in [0.15, 0.2) is 0 Å². The van der Waals surface area contributed by atoms with E-state index in [1.807, 2.05) is 18.2 Å². The zero-order valence-electron chi connectivity index (χ0n) is 21.0. The Hall–Kier alpha value is -3.44. The van der Waals surface area contributed by atoms with E-state index in [0.717, 1.165) is 54.9 Å². The van der Waals surface area contributed by atoms with Crippen molar-refractivity contribution in [1.82, 2.24) is 9.47 Å². The molecule has 1 saturated heterocycles. The van der Waals surface area contributed by atoms with Gasteiger partial charge in [0.05, 0.1) is 12.8 Å². The van der Waals surface area contributed by atoms with Gasteiger partial charge >= 0.3 is 0 Å². The molecule has 1 fully saturated rings. The van der Waals surface area contributed by atoms with Crippen molar-refractivity contribution in [3.05, 3.63) is 77.4 Å². The number of aromatic nitrogens is 1. The SMILES string of the molecule is COc1ccc2c(c1)CCc1c-2n(Cc2ccc(OCCN3CCCCC3)cc2)c2ccc(O)cc12. The van der Waals surface area contributed by atoms with Crippen LogP contribution in [0.3, 0.4) is 0 Å². The van der Waals surface area contributed by atoms with Crippen molar-refractivity contribution >= 4 is 10.9 Å². The number of likely N-dealkylation sites (tertiary alicyclic amines) is 1. The summed E-state index contributed by atoms with van der Waals surface area (Å²) in [7, 11) is 1.72. The Balaban J connectivity index is 1.27. The molecule has 2 aliphatic rings. The van der Waals surface area contributed by atoms with Crippen LogP contribution in [-0.2, 0) is 19.4 Å². The van der Waals surface area contributed by atoms with Crippen molar-refractivity contribution in [3.63, 3.8) is 0 Å². The van der Waals surface area contributed by atoms with Gasteiger partial charge in [-0.3, -0.25) is 4.90 Å². The van der Waals surface area contributed by atoms with Crippen LogP contribution in [0.5, 0.6) is 17.2 Å². The maximum Gasteiger partial charge on any atom is 0.119 e. The molecular formula is C31H34N2O3. The Morgan fingerprint density at radius 3 is 2.47 bits per heavy atom. The number of methoxy groups -OCH3 is 1. The maximum absolute atomic E-state index is 10.2. The summed E-state index contributed by atoms with van der Waals surface area (Å²) in [5, 5.41) is 11.4. The topological polar surface area (TPSA) is 46.9 Å². The summed E-state index contributed by atoms with van der Waals surface area (Å²) in [5.41, 5.74) is 7.52. The van der Waals surface area contributed by atoms with Crippen molar-refractivity contribution in [1.29, 1.82) is 0 Å². The summed E-state index contributed by atoms with van der Waals surface area (Å²) in [6.07, 6.45) is 5.90. The van der Waals surface area contributed by atoms with E-state index in [9.17, 15) is 5.11 Å². The number of hydrogen-bond donors (Lipinski definition) is 1. The van der Waals surface area contributed by atoms with Crippen LogP contribution in [-0.4, -0.2) is 47.9 Å². The van der Waals surface area contributed by atoms with E-state index >= 15 is 0 Å². The highest BCUT2D eigenvalue weighted by atomic mass is 16.5. The monoisotopic (exact) mass is 482 g/mol. The molecule has 5 heteroatoms. The lowest BCUT2D eigenvalue weighted by Gasteiger charge is -2.26. The first-order chi connectivity index (χ1) is 17.7. The molecule has 36 heavy (non-hydrogen) atoms. The number of phenolic OH excluding ortho intramolecular Hbond substituents is 1. The molecule has 0 radical (unpaired) electrons. The number of fused-ring (bicyclic) bond motifs is 5. The minimum absolute atomic E-state index is 0.314. The molecule has 0 bridgehead atoms. The molecule has 3 aromatic carbocycles. The predicted octanol–water partition coefficient (Wildman–Crippen LogP) is 6.03. The number of piperidine rings is 1. The number of hydrogen-bond acceptors (Lipinski definition) is 4. The van der Waals surface area contributed by atoms with Crippen LogP contribution in [0.2, 0.25) is 0 Å². The first-order valence-corrected chi connectivity index (χ1v) is 13.1. The molecule has 1 aliphatic heterocycles. The Morgan fingerprint density at radius 2 is 1.67 bits per heavy atom. The van der Waals surface area contributed by atoms with Gasteiger partial charge in [-0.05, 0) is 104 Å². The summed E-state index contributed by atoms with van der Waals surface area (Å²) >= 11 is 0. The van der Waals surface area contributed by atoms with Crippen molar-refractivity contribution in [2.75, 3.05) is 33.4 Å². The van der Waals surface area contributed by atoms with Crippen molar-refractivity contribution in [3.8, 4) is 28.5 Å². The molecule has 5 nitrogen and oxygen atoms in total. The van der Waals surface area contributed by atoms with Crippen molar-refractivity contribution < 1.29 is 14.6 Å². The second-order valence-electron chi connectivity index (χ2n) is 10.0. The molecule has 0 amide bonds. The van der Waals surface area contributed by atoms with E-state index < -0.39 is 0 Å². The van der Waals surface area contributed by atoms with Crippen LogP contribution in [0.25, 0.3) is 22.2 Å². The number of phenols is 1. The first kappa shape index (κ1) is 23.0. The fourth-order valence-electron chi connectivity index (χ4n) is 5.88. The second-order valence-corrected chi connectivity index (χ2v) is 10.0. The molecule has 0 atom stereocenters. The van der Waals surface area contributed by atoms with Gasteiger partial charge in [-0.2, -0.15) is 0 Å². The number of benzene rings is 3. The lowest BCUT2D eigenvalue weighted by atomic mass is 9.88. The van der Waals surface area contributed by atoms with E-state index in [2.05, 4.69) is 45.9 Å². The van der Waals surface area contributed by atoms with Gasteiger partial charge in [0, 0.05) is 29.6 Å². The number of nitrogens with zero attached hydrogens (tertiary/aromatic N) is 2. The molecule has 1 N–H and O–H groups in total. The number of rotatable bonds is 7. The quantitative estimate of drug-likeness (QED) is 0.349. The van der Waals surface area contributed by atoms with E-state index in [1.165, 1.54) is 60.3 Å². The molecule has 2 heterocycles. The average molecular weight is 483 g/mol. The lowest BCUT2D eigenvalue weighted by molar-refractivity contribution is 0.183. The fourth-order valence-corrected chi connectivity index (χ4v) is 5.88. The van der Waals surface area contributed by atoms with Crippen LogP contribution >= 0.6 is 0 Å². The maximum atomic E-state index is 10.2. The van der Waals surface area contributed by atoms with Crippen molar-refractivity contribution in [2.24, 2.45) is 0 Å². The molecule has 0 unspecified atom stereocenters. The van der Waals surface area contributed by atoms with Crippen molar-refractivity contribution in [2.45, 2.75) is 38.6 Å². The molecule has 1 aromatic heterocycles. The minimum Gasteiger partial charge on any atom is -0.508 e. The summed E-state index contributed by atoms with van der Waals surface area (Å²) in [6.45, 7) is 4.89. The minimum atomic E-state index is 0.314. The highest BCUT2D eigenvalue weighted by Gasteiger charge is 2.25. The summed E-state index contributed by atoms with van der Waals surface area (Å²) < 4.78 is 13.9. The standard InChI is InChI=1S/C31H34N2O3/c1-35-26-11-13-27-23(19-26)7-12-28-29-20-24(34)8-14-30(29)33(31(27)28)21-22-5-9-25(10-6-22)36-18-17-32-15-3-2-4-16-32/h5-6,8-11,13-14,19-20,34H,2-4,7,12,15-18,21H2,1H3. The third kappa shape index (κ3) is 4.44. The van der Waals surface area contributed by atoms with Gasteiger partial charge < -0.3 is 19.1 Å². The van der Waals surface area contributed by atoms with Gasteiger partial charge in [0.2, 0.25) is 0 Å². The summed E-state index contributed by atoms with van der Waals surface area (Å²) in [5.74, 6) is 2.14. The largest absolute Gasteiger partial charge is 0.508 e. The third-order valence-electron chi connectivity index (χ3n) is 7.75. The second kappa shape index (κ2) is 9.90. The normalized spacial score (nSPS) is 15.5. The molecular weight excluding hydrogens is 448 g/mol. The van der Waals surface area contributed by atoms with Crippen LogP contribution in [0, 0.1) is 0 Å². The Kier molecular flexibility index (Phi) is 6.32. The number of aryl methyl sites for hydroxylation is 2. The van der Waals surface area contributed by atoms with Gasteiger partial charge in [-0.1, -0.05) is 18.6 Å². The lowest BCUT2D eigenvalue weighted by Crippen LogP contribution is -2.33. The van der Waals surface area contributed by atoms with Gasteiger partial charge in [-0.25, -0.2) is 0 Å². The van der Waals surface area contributed by atoms with E-state index in [-0.39, 0.29) is 0 Å². The van der Waals surface area contributed by atoms with E-state index in [1.54, 1.807) is 13.2 Å². The summed E-state index contributed by atoms with van der Waals surface area (Å²) in [6, 6.07) is 20.7. The molecule has 1 aliphatic carbocycles. The highest BCUT2D eigenvalue weighted by Crippen LogP contribution is 2.42. The van der Waals surface area contributed by atoms with Crippen LogP contribution in [0.4, 0.5) is 0 Å². The van der Waals surface area contributed by atoms with E-state index in [0.29, 0.717) is 5.75 Å². The molecule has 186 valence electrons. The van der Waals surface area contributed by atoms with Crippen LogP contribution in [0.1, 0.15) is 36.0 Å². The molecule has 0 saturated carbocycles. The Bertz CT molecular complexity index is 1370. The number of ether oxygens (including phenoxy) is 2. The Morgan fingerprint density at radius 1 is 0.861 bits per heavy atom. The Labute approximate surface area is 212 Å². The zero-order chi connectivity index (χ0) is 24.5. The van der Waals surface area contributed by atoms with Gasteiger partial charge in [-0.15, -0.1) is 0 Å². The molecule has 4 aromatic rings. The highest BCUT2D eigenvalue weighted by molar-refractivity contribution is 5.94. The van der Waals surface area contributed by atoms with Gasteiger partial charge in [0.1, 0.15) is 23.9 Å². The fraction of sp³-hybridized carbons (Fsp3) is 0.355. The first-order valence-electron chi connectivity index (χ1n) is 13.1. The zero-order valence-corrected chi connectivity index (χ0v) is 21.0. The molecule has 0 spiro atoms. The smallest absolute Gasteiger partial charge is 0.119 e. The van der Waals surface area contributed by atoms with Gasteiger partial charge in [0.25, 0.3) is 0 Å². The third-order valence-corrected chi connectivity index (χ3v) is 7.75. The average Bonchev–Trinajstić information content (AvgIpc) is 3.22. The van der Waals surface area contributed by atoms with Crippen LogP contribution < -0.4 is 9.47 Å². The predicted molar refractivity (Wildman–Crippen MR) is 144 cm³/mol.